The summed E-state index contributed by atoms with van der Waals surface area (Å²) in [5, 5.41) is 21.9. The molecule has 0 aliphatic carbocycles. The first kappa shape index (κ1) is 27.6. The highest BCUT2D eigenvalue weighted by molar-refractivity contribution is 7.99. The van der Waals surface area contributed by atoms with Crippen molar-refractivity contribution in [1.82, 2.24) is 30.4 Å². The van der Waals surface area contributed by atoms with Gasteiger partial charge in [-0.2, -0.15) is 0 Å². The standard InChI is InChI=1S/C23H26N6O7S2/c1-23(2,3)36-21(34)18-14(11-37-22-25-26-27-28(22)10-16(31)32)12-38(35)20-17(19(33)29(18)20)24-15(30)9-13-7-5-4-6-8-13/h4-8,17,20H,9-12H2,1-3H3,(H,24,30)(H,31,32)/t17?,20-,38?/m0/s1. The number of ether oxygens (including phenoxy) is 1. The van der Waals surface area contributed by atoms with Crippen LogP contribution in [0, 0.1) is 0 Å². The summed E-state index contributed by atoms with van der Waals surface area (Å²) in [6.07, 6.45) is 0.0473. The van der Waals surface area contributed by atoms with Gasteiger partial charge in [-0.05, 0) is 47.9 Å². The van der Waals surface area contributed by atoms with E-state index in [1.54, 1.807) is 45.0 Å². The number of fused-ring (bicyclic) bond motifs is 1. The molecule has 2 aliphatic rings. The van der Waals surface area contributed by atoms with Crippen LogP contribution in [0.15, 0.2) is 46.8 Å². The van der Waals surface area contributed by atoms with Gasteiger partial charge >= 0.3 is 11.9 Å². The Balaban J connectivity index is 1.56. The Morgan fingerprint density at radius 3 is 2.63 bits per heavy atom. The third kappa shape index (κ3) is 6.16. The maximum Gasteiger partial charge on any atom is 0.355 e. The molecule has 3 atom stereocenters. The van der Waals surface area contributed by atoms with Gasteiger partial charge in [0, 0.05) is 11.3 Å². The average molecular weight is 563 g/mol. The molecule has 1 fully saturated rings. The minimum atomic E-state index is -1.64. The van der Waals surface area contributed by atoms with Gasteiger partial charge in [-0.1, -0.05) is 42.1 Å². The van der Waals surface area contributed by atoms with Gasteiger partial charge in [0.05, 0.1) is 6.42 Å². The highest BCUT2D eigenvalue weighted by atomic mass is 32.2. The van der Waals surface area contributed by atoms with Crippen molar-refractivity contribution in [3.8, 4) is 0 Å². The number of thioether (sulfide) groups is 1. The zero-order chi connectivity index (χ0) is 27.6. The first-order chi connectivity index (χ1) is 17.9. The number of carbonyl (C=O) groups excluding carboxylic acids is 3. The highest BCUT2D eigenvalue weighted by Crippen LogP contribution is 2.39. The largest absolute Gasteiger partial charge is 0.614 e. The topological polar surface area (TPSA) is 180 Å². The molecule has 2 unspecified atom stereocenters. The molecule has 1 aromatic carbocycles. The number of nitrogens with one attached hydrogen (secondary N) is 1. The molecule has 2 N–H and O–H groups in total. The van der Waals surface area contributed by atoms with Crippen LogP contribution in [0.25, 0.3) is 0 Å². The molecule has 202 valence electrons. The van der Waals surface area contributed by atoms with Crippen LogP contribution >= 0.6 is 11.8 Å². The molecule has 38 heavy (non-hydrogen) atoms. The zero-order valence-corrected chi connectivity index (χ0v) is 22.5. The van der Waals surface area contributed by atoms with Gasteiger partial charge in [-0.25, -0.2) is 9.48 Å². The number of esters is 1. The first-order valence-electron chi connectivity index (χ1n) is 11.5. The normalized spacial score (nSPS) is 21.0. The van der Waals surface area contributed by atoms with Gasteiger partial charge in [-0.3, -0.25) is 19.3 Å². The lowest BCUT2D eigenvalue weighted by atomic mass is 10.0. The third-order valence-corrected chi connectivity index (χ3v) is 8.18. The Kier molecular flexibility index (Phi) is 8.08. The number of carbonyl (C=O) groups is 4. The molecule has 13 nitrogen and oxygen atoms in total. The summed E-state index contributed by atoms with van der Waals surface area (Å²) in [5.74, 6) is -2.86. The number of aliphatic carboxylic acids is 1. The molecule has 15 heteroatoms. The summed E-state index contributed by atoms with van der Waals surface area (Å²) >= 11 is -0.596. The molecule has 0 spiro atoms. The molecule has 0 radical (unpaired) electrons. The number of amides is 2. The van der Waals surface area contributed by atoms with Crippen molar-refractivity contribution >= 4 is 46.7 Å². The van der Waals surface area contributed by atoms with Crippen molar-refractivity contribution in [2.24, 2.45) is 0 Å². The SMILES string of the molecule is CC(C)(C)OC(=O)C1=C(CSc2nnnn2CC(=O)O)C[S+]([O-])[C@H]2C(NC(=O)Cc3ccccc3)C(=O)N12. The number of β-lactam (4-membered cyclic amide) rings is 1. The Bertz CT molecular complexity index is 1280. The molecule has 1 saturated heterocycles. The quantitative estimate of drug-likeness (QED) is 0.183. The number of nitrogens with zero attached hydrogens (tertiary/aromatic N) is 5. The molecule has 2 aromatic rings. The van der Waals surface area contributed by atoms with Gasteiger partial charge in [0.15, 0.2) is 6.04 Å². The van der Waals surface area contributed by atoms with Crippen LogP contribution in [0.2, 0.25) is 0 Å². The van der Waals surface area contributed by atoms with E-state index in [4.69, 9.17) is 9.84 Å². The predicted molar refractivity (Wildman–Crippen MR) is 135 cm³/mol. The van der Waals surface area contributed by atoms with Gasteiger partial charge in [0.1, 0.15) is 23.6 Å². The van der Waals surface area contributed by atoms with Crippen molar-refractivity contribution in [3.63, 3.8) is 0 Å². The lowest BCUT2D eigenvalue weighted by Gasteiger charge is -2.49. The maximum atomic E-state index is 13.2. The fraction of sp³-hybridized carbons (Fsp3) is 0.435. The summed E-state index contributed by atoms with van der Waals surface area (Å²) in [6, 6.07) is 7.95. The number of aromatic nitrogens is 4. The van der Waals surface area contributed by atoms with E-state index in [1.807, 2.05) is 6.07 Å². The van der Waals surface area contributed by atoms with Crippen LogP contribution < -0.4 is 5.32 Å². The molecule has 4 rings (SSSR count). The predicted octanol–water partition coefficient (Wildman–Crippen LogP) is 0.104. The smallest absolute Gasteiger partial charge is 0.355 e. The van der Waals surface area contributed by atoms with E-state index in [2.05, 4.69) is 20.8 Å². The summed E-state index contributed by atoms with van der Waals surface area (Å²) in [5.41, 5.74) is 0.230. The lowest BCUT2D eigenvalue weighted by molar-refractivity contribution is -0.159. The number of carboxylic acid groups (broad SMARTS) is 1. The van der Waals surface area contributed by atoms with E-state index in [0.29, 0.717) is 5.57 Å². The van der Waals surface area contributed by atoms with Crippen LogP contribution in [0.1, 0.15) is 26.3 Å². The molecule has 2 aliphatic heterocycles. The van der Waals surface area contributed by atoms with Gasteiger partial charge in [0.25, 0.3) is 5.91 Å². The second-order valence-electron chi connectivity index (χ2n) is 9.59. The number of benzene rings is 1. The lowest BCUT2D eigenvalue weighted by Crippen LogP contribution is -2.75. The Morgan fingerprint density at radius 1 is 1.26 bits per heavy atom. The van der Waals surface area contributed by atoms with E-state index in [-0.39, 0.29) is 28.8 Å². The van der Waals surface area contributed by atoms with Crippen molar-refractivity contribution in [1.29, 1.82) is 0 Å². The summed E-state index contributed by atoms with van der Waals surface area (Å²) in [4.78, 5) is 51.2. The van der Waals surface area contributed by atoms with E-state index in [0.717, 1.165) is 26.9 Å². The van der Waals surface area contributed by atoms with Crippen molar-refractivity contribution in [3.05, 3.63) is 47.2 Å². The summed E-state index contributed by atoms with van der Waals surface area (Å²) in [7, 11) is 0. The van der Waals surface area contributed by atoms with Crippen molar-refractivity contribution in [2.45, 2.75) is 55.9 Å². The zero-order valence-electron chi connectivity index (χ0n) is 20.8. The molecule has 2 amide bonds. The molecule has 0 saturated carbocycles. The Labute approximate surface area is 225 Å². The Hall–Kier alpha value is -3.43. The maximum absolute atomic E-state index is 13.2. The fourth-order valence-corrected chi connectivity index (χ4v) is 6.66. The van der Waals surface area contributed by atoms with Crippen LogP contribution in [-0.2, 0) is 48.1 Å². The number of carboxylic acids is 1. The van der Waals surface area contributed by atoms with Crippen molar-refractivity contribution < 1.29 is 33.6 Å². The van der Waals surface area contributed by atoms with Gasteiger partial charge in [0.2, 0.25) is 16.4 Å². The molecule has 3 heterocycles. The van der Waals surface area contributed by atoms with E-state index in [9.17, 15) is 23.7 Å². The Morgan fingerprint density at radius 2 is 1.97 bits per heavy atom. The number of hydrogen-bond donors (Lipinski definition) is 2. The number of hydrogen-bond acceptors (Lipinski definition) is 10. The van der Waals surface area contributed by atoms with Gasteiger partial charge in [-0.15, -0.1) is 5.10 Å². The number of tetrazole rings is 1. The monoisotopic (exact) mass is 562 g/mol. The average Bonchev–Trinajstić information content (AvgIpc) is 3.26. The molecule has 1 aromatic heterocycles. The molecular formula is C23H26N6O7S2. The van der Waals surface area contributed by atoms with Crippen LogP contribution in [-0.4, -0.2) is 87.0 Å². The second-order valence-corrected chi connectivity index (χ2v) is 12.1. The van der Waals surface area contributed by atoms with Gasteiger partial charge < -0.3 is 19.7 Å². The molecular weight excluding hydrogens is 536 g/mol. The highest BCUT2D eigenvalue weighted by Gasteiger charge is 2.61. The summed E-state index contributed by atoms with van der Waals surface area (Å²) < 4.78 is 19.9. The minimum Gasteiger partial charge on any atom is -0.614 e. The fourth-order valence-electron chi connectivity index (χ4n) is 3.96. The van der Waals surface area contributed by atoms with Crippen molar-refractivity contribution in [2.75, 3.05) is 11.5 Å². The second kappa shape index (κ2) is 11.1. The first-order valence-corrected chi connectivity index (χ1v) is 13.9. The van der Waals surface area contributed by atoms with Crippen LogP contribution in [0.5, 0.6) is 0 Å². The summed E-state index contributed by atoms with van der Waals surface area (Å²) in [6.45, 7) is 4.59. The van der Waals surface area contributed by atoms with E-state index < -0.39 is 58.5 Å². The third-order valence-electron chi connectivity index (χ3n) is 5.48. The number of rotatable bonds is 9. The van der Waals surface area contributed by atoms with Crippen LogP contribution in [0.3, 0.4) is 0 Å². The van der Waals surface area contributed by atoms with Crippen LogP contribution in [0.4, 0.5) is 0 Å². The minimum absolute atomic E-state index is 0.0344. The van der Waals surface area contributed by atoms with E-state index in [1.165, 1.54) is 0 Å². The molecule has 0 bridgehead atoms. The van der Waals surface area contributed by atoms with E-state index >= 15 is 0 Å².